The summed E-state index contributed by atoms with van der Waals surface area (Å²) in [6, 6.07) is 7.77. The van der Waals surface area contributed by atoms with Gasteiger partial charge >= 0.3 is 0 Å². The van der Waals surface area contributed by atoms with Crippen LogP contribution in [0.4, 0.5) is 0 Å². The topological polar surface area (TPSA) is 40.9 Å². The van der Waals surface area contributed by atoms with E-state index in [2.05, 4.69) is 22.0 Å². The lowest BCUT2D eigenvalue weighted by Gasteiger charge is -2.11. The van der Waals surface area contributed by atoms with Crippen molar-refractivity contribution in [1.82, 2.24) is 0 Å². The van der Waals surface area contributed by atoms with Crippen LogP contribution in [0.25, 0.3) is 0 Å². The first-order chi connectivity index (χ1) is 7.61. The number of nitriles is 1. The third-order valence-electron chi connectivity index (χ3n) is 2.54. The summed E-state index contributed by atoms with van der Waals surface area (Å²) in [7, 11) is 0. The quantitative estimate of drug-likeness (QED) is 0.627. The molecule has 0 amide bonds. The molecule has 0 saturated heterocycles. The maximum absolute atomic E-state index is 12.0. The third-order valence-corrected chi connectivity index (χ3v) is 2.95. The highest BCUT2D eigenvalue weighted by atomic mass is 79.9. The number of rotatable bonds is 4. The smallest absolute Gasteiger partial charge is 0.176 e. The lowest BCUT2D eigenvalue weighted by molar-refractivity contribution is 0.0995. The molecule has 16 heavy (non-hydrogen) atoms. The minimum atomic E-state index is -0.211. The fraction of sp³-hybridized carbons (Fsp3) is 0.385. The molecule has 0 aliphatic rings. The minimum Gasteiger partial charge on any atom is -0.293 e. The summed E-state index contributed by atoms with van der Waals surface area (Å²) in [5.41, 5.74) is 2.63. The summed E-state index contributed by atoms with van der Waals surface area (Å²) in [5, 5.41) is 8.81. The van der Waals surface area contributed by atoms with Gasteiger partial charge in [0.1, 0.15) is 0 Å². The van der Waals surface area contributed by atoms with E-state index in [0.717, 1.165) is 17.5 Å². The summed E-state index contributed by atoms with van der Waals surface area (Å²) in [6.45, 7) is 3.83. The summed E-state index contributed by atoms with van der Waals surface area (Å²) in [5.74, 6) is 0.0422. The first-order valence-electron chi connectivity index (χ1n) is 5.27. The highest BCUT2D eigenvalue weighted by Gasteiger charge is 2.17. The van der Waals surface area contributed by atoms with Crippen LogP contribution in [-0.4, -0.2) is 10.6 Å². The number of carbonyl (C=O) groups is 1. The van der Waals surface area contributed by atoms with E-state index < -0.39 is 0 Å². The highest BCUT2D eigenvalue weighted by molar-refractivity contribution is 9.10. The number of hydrogen-bond donors (Lipinski definition) is 0. The van der Waals surface area contributed by atoms with Crippen molar-refractivity contribution < 1.29 is 4.79 Å². The zero-order valence-corrected chi connectivity index (χ0v) is 11.0. The average molecular weight is 280 g/mol. The predicted octanol–water partition coefficient (Wildman–Crippen LogP) is 3.28. The Morgan fingerprint density at radius 2 is 2.25 bits per heavy atom. The zero-order chi connectivity index (χ0) is 12.1. The van der Waals surface area contributed by atoms with Crippen molar-refractivity contribution in [2.45, 2.75) is 31.5 Å². The average Bonchev–Trinajstić information content (AvgIpc) is 2.28. The Morgan fingerprint density at radius 3 is 2.75 bits per heavy atom. The van der Waals surface area contributed by atoms with E-state index >= 15 is 0 Å². The van der Waals surface area contributed by atoms with Gasteiger partial charge in [0, 0.05) is 5.56 Å². The molecule has 0 radical (unpaired) electrons. The molecule has 2 nitrogen and oxygen atoms in total. The maximum Gasteiger partial charge on any atom is 0.176 e. The number of Topliss-reactive ketones (excluding diaryl/α,β-unsaturated/α-hetero) is 1. The zero-order valence-electron chi connectivity index (χ0n) is 9.46. The summed E-state index contributed by atoms with van der Waals surface area (Å²) in [6.07, 6.45) is 1.14. The Balaban J connectivity index is 3.28. The monoisotopic (exact) mass is 279 g/mol. The molecule has 1 atom stereocenters. The molecule has 0 aromatic heterocycles. The highest BCUT2D eigenvalue weighted by Crippen LogP contribution is 2.20. The van der Waals surface area contributed by atoms with Gasteiger partial charge in [0.25, 0.3) is 0 Å². The van der Waals surface area contributed by atoms with E-state index in [-0.39, 0.29) is 10.6 Å². The number of benzene rings is 1. The molecule has 0 heterocycles. The lowest BCUT2D eigenvalue weighted by atomic mass is 9.94. The summed E-state index contributed by atoms with van der Waals surface area (Å²) < 4.78 is 0. The molecule has 1 aromatic rings. The third kappa shape index (κ3) is 2.70. The molecule has 1 unspecified atom stereocenters. The van der Waals surface area contributed by atoms with Crippen LogP contribution >= 0.6 is 15.9 Å². The van der Waals surface area contributed by atoms with Gasteiger partial charge in [-0.2, -0.15) is 5.26 Å². The van der Waals surface area contributed by atoms with Crippen LogP contribution < -0.4 is 0 Å². The van der Waals surface area contributed by atoms with Crippen molar-refractivity contribution in [3.8, 4) is 6.07 Å². The summed E-state index contributed by atoms with van der Waals surface area (Å²) in [4.78, 5) is 11.7. The van der Waals surface area contributed by atoms with Crippen LogP contribution in [0, 0.1) is 11.3 Å². The standard InChI is InChI=1S/C13H14BrNO/c1-3-10-5-4-6-12(11(10)7-8-15)13(16)9(2)14/h4-6,9H,3,7H2,1-2H3. The van der Waals surface area contributed by atoms with Crippen LogP contribution in [-0.2, 0) is 12.8 Å². The minimum absolute atomic E-state index is 0.0422. The molecule has 1 rings (SSSR count). The molecular weight excluding hydrogens is 266 g/mol. The Bertz CT molecular complexity index is 432. The molecule has 3 heteroatoms. The largest absolute Gasteiger partial charge is 0.293 e. The number of carbonyl (C=O) groups excluding carboxylic acids is 1. The molecule has 0 N–H and O–H groups in total. The molecule has 84 valence electrons. The van der Waals surface area contributed by atoms with Crippen molar-refractivity contribution in [3.63, 3.8) is 0 Å². The molecule has 1 aromatic carbocycles. The number of alkyl halides is 1. The summed E-state index contributed by atoms with van der Waals surface area (Å²) >= 11 is 3.28. The van der Waals surface area contributed by atoms with Crippen LogP contribution in [0.3, 0.4) is 0 Å². The molecule has 0 aliphatic carbocycles. The first kappa shape index (κ1) is 12.9. The molecule has 0 aliphatic heterocycles. The van der Waals surface area contributed by atoms with E-state index in [1.807, 2.05) is 19.1 Å². The van der Waals surface area contributed by atoms with Crippen molar-refractivity contribution in [3.05, 3.63) is 34.9 Å². The van der Waals surface area contributed by atoms with E-state index in [9.17, 15) is 4.79 Å². The number of halogens is 1. The second-order valence-electron chi connectivity index (χ2n) is 3.61. The van der Waals surface area contributed by atoms with Crippen LogP contribution in [0.5, 0.6) is 0 Å². The lowest BCUT2D eigenvalue weighted by Crippen LogP contribution is -2.13. The molecule has 0 saturated carbocycles. The molecule has 0 fully saturated rings. The number of ketones is 1. The van der Waals surface area contributed by atoms with Gasteiger partial charge in [-0.3, -0.25) is 4.79 Å². The predicted molar refractivity (Wildman–Crippen MR) is 67.9 cm³/mol. The van der Waals surface area contributed by atoms with Gasteiger partial charge in [0.2, 0.25) is 0 Å². The van der Waals surface area contributed by atoms with E-state index in [1.165, 1.54) is 0 Å². The van der Waals surface area contributed by atoms with Gasteiger partial charge in [-0.05, 0) is 24.5 Å². The molecule has 0 spiro atoms. The van der Waals surface area contributed by atoms with Crippen molar-refractivity contribution in [1.29, 1.82) is 5.26 Å². The van der Waals surface area contributed by atoms with Crippen LogP contribution in [0.2, 0.25) is 0 Å². The van der Waals surface area contributed by atoms with Gasteiger partial charge < -0.3 is 0 Å². The number of hydrogen-bond acceptors (Lipinski definition) is 2. The molecular formula is C13H14BrNO. The first-order valence-corrected chi connectivity index (χ1v) is 6.19. The van der Waals surface area contributed by atoms with Gasteiger partial charge in [-0.15, -0.1) is 0 Å². The SMILES string of the molecule is CCc1cccc(C(=O)C(C)Br)c1CC#N. The van der Waals surface area contributed by atoms with Crippen molar-refractivity contribution in [2.24, 2.45) is 0 Å². The Labute approximate surface area is 104 Å². The number of nitrogens with zero attached hydrogens (tertiary/aromatic N) is 1. The van der Waals surface area contributed by atoms with E-state index in [1.54, 1.807) is 13.0 Å². The number of aryl methyl sites for hydroxylation is 1. The van der Waals surface area contributed by atoms with Crippen molar-refractivity contribution >= 4 is 21.7 Å². The van der Waals surface area contributed by atoms with Gasteiger partial charge in [0.05, 0.1) is 17.3 Å². The van der Waals surface area contributed by atoms with Gasteiger partial charge in [0.15, 0.2) is 5.78 Å². The second kappa shape index (κ2) is 5.81. The fourth-order valence-corrected chi connectivity index (χ4v) is 1.95. The van der Waals surface area contributed by atoms with E-state index in [4.69, 9.17) is 5.26 Å². The normalized spacial score (nSPS) is 11.9. The van der Waals surface area contributed by atoms with Gasteiger partial charge in [-0.25, -0.2) is 0 Å². The van der Waals surface area contributed by atoms with Crippen LogP contribution in [0.15, 0.2) is 18.2 Å². The fourth-order valence-electron chi connectivity index (χ4n) is 1.70. The maximum atomic E-state index is 12.0. The van der Waals surface area contributed by atoms with E-state index in [0.29, 0.717) is 12.0 Å². The van der Waals surface area contributed by atoms with Gasteiger partial charge in [-0.1, -0.05) is 41.1 Å². The van der Waals surface area contributed by atoms with Crippen LogP contribution in [0.1, 0.15) is 35.3 Å². The molecule has 0 bridgehead atoms. The second-order valence-corrected chi connectivity index (χ2v) is 4.99. The Kier molecular flexibility index (Phi) is 4.70. The Hall–Kier alpha value is -1.14. The van der Waals surface area contributed by atoms with Crippen molar-refractivity contribution in [2.75, 3.05) is 0 Å². The Morgan fingerprint density at radius 1 is 1.56 bits per heavy atom.